The monoisotopic (exact) mass is 376 g/mol. The fraction of sp³-hybridized carbons (Fsp3) is 0.611. The van der Waals surface area contributed by atoms with Crippen molar-refractivity contribution in [1.29, 1.82) is 0 Å². The Morgan fingerprint density at radius 3 is 2.59 bits per heavy atom. The molecule has 0 aromatic carbocycles. The van der Waals surface area contributed by atoms with Crippen LogP contribution in [0.15, 0.2) is 0 Å². The third-order valence-corrected chi connectivity index (χ3v) is 4.23. The van der Waals surface area contributed by atoms with Gasteiger partial charge in [-0.2, -0.15) is 0 Å². The lowest BCUT2D eigenvalue weighted by Gasteiger charge is -2.19. The van der Waals surface area contributed by atoms with Crippen LogP contribution in [0.5, 0.6) is 0 Å². The number of carbonyl (C=O) groups is 3. The van der Waals surface area contributed by atoms with Gasteiger partial charge >= 0.3 is 11.9 Å². The number of aromatic nitrogens is 3. The molecule has 0 saturated heterocycles. The van der Waals surface area contributed by atoms with Gasteiger partial charge in [0, 0.05) is 20.3 Å². The molecule has 1 aromatic rings. The second-order valence-corrected chi connectivity index (χ2v) is 6.50. The van der Waals surface area contributed by atoms with Crippen molar-refractivity contribution in [3.63, 3.8) is 0 Å². The maximum absolute atomic E-state index is 11.7. The predicted octanol–water partition coefficient (Wildman–Crippen LogP) is 0.974. The molecule has 27 heavy (non-hydrogen) atoms. The summed E-state index contributed by atoms with van der Waals surface area (Å²) in [6.07, 6.45) is 2.07. The Labute approximate surface area is 157 Å². The van der Waals surface area contributed by atoms with Crippen LogP contribution in [0.1, 0.15) is 68.7 Å². The molecule has 0 aliphatic heterocycles. The van der Waals surface area contributed by atoms with Gasteiger partial charge in [0.25, 0.3) is 5.91 Å². The quantitative estimate of drug-likeness (QED) is 0.579. The number of ether oxygens (including phenoxy) is 2. The molecule has 1 fully saturated rings. The molecule has 3 atom stereocenters. The molecule has 0 bridgehead atoms. The van der Waals surface area contributed by atoms with E-state index in [0.717, 1.165) is 6.42 Å². The first-order valence-electron chi connectivity index (χ1n) is 8.87. The number of esters is 2. The van der Waals surface area contributed by atoms with Crippen molar-refractivity contribution in [3.8, 4) is 11.8 Å². The van der Waals surface area contributed by atoms with Gasteiger partial charge in [-0.1, -0.05) is 18.1 Å². The number of unbranched alkanes of at least 4 members (excludes halogenated alkanes) is 1. The second kappa shape index (κ2) is 9.16. The molecule has 0 unspecified atom stereocenters. The first-order valence-corrected chi connectivity index (χ1v) is 8.87. The number of nitrogens with two attached hydrogens (primary N) is 1. The first-order chi connectivity index (χ1) is 12.8. The molecule has 0 radical (unpaired) electrons. The number of carbonyl (C=O) groups excluding carboxylic acids is 3. The molecule has 1 aliphatic rings. The van der Waals surface area contributed by atoms with Crippen LogP contribution in [-0.4, -0.2) is 45.6 Å². The molecule has 1 amide bonds. The van der Waals surface area contributed by atoms with Gasteiger partial charge in [-0.25, -0.2) is 4.68 Å². The summed E-state index contributed by atoms with van der Waals surface area (Å²) in [6, 6.07) is -0.374. The summed E-state index contributed by atoms with van der Waals surface area (Å²) < 4.78 is 12.0. The molecule has 1 aliphatic carbocycles. The van der Waals surface area contributed by atoms with Crippen LogP contribution < -0.4 is 5.73 Å². The minimum atomic E-state index is -0.722. The molecule has 2 rings (SSSR count). The Hall–Kier alpha value is -2.89. The third-order valence-electron chi connectivity index (χ3n) is 4.23. The van der Waals surface area contributed by atoms with Crippen LogP contribution in [0.2, 0.25) is 0 Å². The van der Waals surface area contributed by atoms with Crippen LogP contribution in [0.3, 0.4) is 0 Å². The standard InChI is InChI=1S/C18H24N4O5/c1-4-5-6-7-14-17(18(19)25)20-21-22(14)15-8-13(10-26-11(2)23)9-16(15)27-12(3)24/h13,15-16H,4-5,8-10H2,1-3H3,(H2,19,25)/t13-,15+,16+/m0/s1. The van der Waals surface area contributed by atoms with Crippen molar-refractivity contribution < 1.29 is 23.9 Å². The molecule has 1 saturated carbocycles. The van der Waals surface area contributed by atoms with E-state index < -0.39 is 18.0 Å². The van der Waals surface area contributed by atoms with Crippen LogP contribution in [0, 0.1) is 17.8 Å². The lowest BCUT2D eigenvalue weighted by atomic mass is 10.1. The van der Waals surface area contributed by atoms with Gasteiger partial charge in [0.1, 0.15) is 11.8 Å². The Kier molecular flexibility index (Phi) is 6.93. The number of amides is 1. The Morgan fingerprint density at radius 2 is 2.00 bits per heavy atom. The summed E-state index contributed by atoms with van der Waals surface area (Å²) in [7, 11) is 0. The van der Waals surface area contributed by atoms with Crippen LogP contribution >= 0.6 is 0 Å². The number of hydrogen-bond donors (Lipinski definition) is 1. The highest BCUT2D eigenvalue weighted by Gasteiger charge is 2.40. The van der Waals surface area contributed by atoms with Crippen molar-refractivity contribution in [2.75, 3.05) is 6.61 Å². The number of primary amides is 1. The summed E-state index contributed by atoms with van der Waals surface area (Å²) >= 11 is 0. The zero-order valence-electron chi connectivity index (χ0n) is 15.7. The van der Waals surface area contributed by atoms with Gasteiger partial charge in [-0.15, -0.1) is 5.10 Å². The summed E-state index contributed by atoms with van der Waals surface area (Å²) in [5.74, 6) is 4.36. The molecule has 9 nitrogen and oxygen atoms in total. The highest BCUT2D eigenvalue weighted by Crippen LogP contribution is 2.37. The van der Waals surface area contributed by atoms with Gasteiger partial charge < -0.3 is 15.2 Å². The van der Waals surface area contributed by atoms with Crippen molar-refractivity contribution in [1.82, 2.24) is 15.0 Å². The van der Waals surface area contributed by atoms with E-state index >= 15 is 0 Å². The van der Waals surface area contributed by atoms with E-state index in [0.29, 0.717) is 25.0 Å². The lowest BCUT2D eigenvalue weighted by Crippen LogP contribution is -2.26. The van der Waals surface area contributed by atoms with Gasteiger partial charge in [0.15, 0.2) is 5.69 Å². The number of rotatable bonds is 6. The minimum Gasteiger partial charge on any atom is -0.466 e. The SMILES string of the molecule is CCCC#Cc1c(C(N)=O)nnn1[C@@H]1C[C@H](COC(C)=O)C[C@H]1OC(C)=O. The van der Waals surface area contributed by atoms with Crippen LogP contribution in [0.25, 0.3) is 0 Å². The Morgan fingerprint density at radius 1 is 1.26 bits per heavy atom. The second-order valence-electron chi connectivity index (χ2n) is 6.50. The van der Waals surface area contributed by atoms with Gasteiger partial charge in [-0.3, -0.25) is 14.4 Å². The van der Waals surface area contributed by atoms with Crippen LogP contribution in [-0.2, 0) is 19.1 Å². The topological polar surface area (TPSA) is 126 Å². The highest BCUT2D eigenvalue weighted by atomic mass is 16.5. The molecule has 1 heterocycles. The first kappa shape index (κ1) is 20.4. The molecule has 0 spiro atoms. The normalized spacial score (nSPS) is 21.2. The van der Waals surface area contributed by atoms with E-state index in [4.69, 9.17) is 15.2 Å². The van der Waals surface area contributed by atoms with E-state index in [1.54, 1.807) is 0 Å². The minimum absolute atomic E-state index is 0.0105. The van der Waals surface area contributed by atoms with Gasteiger partial charge in [0.05, 0.1) is 12.6 Å². The Bertz CT molecular complexity index is 776. The maximum atomic E-state index is 11.7. The third kappa shape index (κ3) is 5.29. The molecule has 2 N–H and O–H groups in total. The smallest absolute Gasteiger partial charge is 0.302 e. The van der Waals surface area contributed by atoms with Crippen molar-refractivity contribution in [2.45, 2.75) is 58.6 Å². The summed E-state index contributed by atoms with van der Waals surface area (Å²) in [5.41, 5.74) is 5.69. The van der Waals surface area contributed by atoms with E-state index in [1.165, 1.54) is 18.5 Å². The number of nitrogens with zero attached hydrogens (tertiary/aromatic N) is 3. The summed E-state index contributed by atoms with van der Waals surface area (Å²) in [6.45, 7) is 4.88. The average molecular weight is 376 g/mol. The number of hydrogen-bond acceptors (Lipinski definition) is 7. The molecular formula is C18H24N4O5. The molecule has 1 aromatic heterocycles. The lowest BCUT2D eigenvalue weighted by molar-refractivity contribution is -0.148. The van der Waals surface area contributed by atoms with Crippen molar-refractivity contribution >= 4 is 17.8 Å². The maximum Gasteiger partial charge on any atom is 0.302 e. The average Bonchev–Trinajstić information content (AvgIpc) is 3.16. The van der Waals surface area contributed by atoms with Crippen molar-refractivity contribution in [2.24, 2.45) is 11.7 Å². The van der Waals surface area contributed by atoms with Gasteiger partial charge in [0.2, 0.25) is 0 Å². The van der Waals surface area contributed by atoms with Gasteiger partial charge in [-0.05, 0) is 31.1 Å². The van der Waals surface area contributed by atoms with E-state index in [-0.39, 0.29) is 30.2 Å². The van der Waals surface area contributed by atoms with E-state index in [1.807, 2.05) is 6.92 Å². The zero-order valence-corrected chi connectivity index (χ0v) is 15.7. The fourth-order valence-electron chi connectivity index (χ4n) is 3.12. The Balaban J connectivity index is 2.34. The van der Waals surface area contributed by atoms with E-state index in [2.05, 4.69) is 22.2 Å². The molecular weight excluding hydrogens is 352 g/mol. The van der Waals surface area contributed by atoms with Crippen molar-refractivity contribution in [3.05, 3.63) is 11.4 Å². The van der Waals surface area contributed by atoms with Crippen LogP contribution in [0.4, 0.5) is 0 Å². The summed E-state index contributed by atoms with van der Waals surface area (Å²) in [5, 5.41) is 7.91. The summed E-state index contributed by atoms with van der Waals surface area (Å²) in [4.78, 5) is 34.3. The fourth-order valence-corrected chi connectivity index (χ4v) is 3.12. The zero-order chi connectivity index (χ0) is 20.0. The predicted molar refractivity (Wildman–Crippen MR) is 94.3 cm³/mol. The highest BCUT2D eigenvalue weighted by molar-refractivity contribution is 5.92. The molecule has 9 heteroatoms. The largest absolute Gasteiger partial charge is 0.466 e. The van der Waals surface area contributed by atoms with E-state index in [9.17, 15) is 14.4 Å². The molecule has 146 valence electrons.